The Balaban J connectivity index is 0.00000242. The van der Waals surface area contributed by atoms with Crippen LogP contribution in [0.15, 0.2) is 54.6 Å². The van der Waals surface area contributed by atoms with Crippen molar-refractivity contribution in [3.63, 3.8) is 0 Å². The molecule has 0 fully saturated rings. The number of aliphatic hydroxyl groups is 1. The van der Waals surface area contributed by atoms with Crippen LogP contribution < -0.4 is 10.5 Å². The van der Waals surface area contributed by atoms with E-state index in [1.165, 1.54) is 6.92 Å². The highest BCUT2D eigenvalue weighted by Crippen LogP contribution is 2.22. The van der Waals surface area contributed by atoms with Gasteiger partial charge in [-0.2, -0.15) is 0 Å². The number of carbonyl (C=O) groups is 1. The smallest absolute Gasteiger partial charge is 0.308 e. The Kier molecular flexibility index (Phi) is 7.05. The lowest BCUT2D eigenvalue weighted by Crippen LogP contribution is -2.28. The van der Waals surface area contributed by atoms with Crippen molar-refractivity contribution in [2.75, 3.05) is 0 Å². The predicted molar refractivity (Wildman–Crippen MR) is 88.1 cm³/mol. The van der Waals surface area contributed by atoms with Gasteiger partial charge in [0.2, 0.25) is 0 Å². The molecule has 0 saturated heterocycles. The molecule has 0 spiro atoms. The molecule has 0 heterocycles. The summed E-state index contributed by atoms with van der Waals surface area (Å²) >= 11 is 0. The molecule has 0 aromatic heterocycles. The van der Waals surface area contributed by atoms with Crippen molar-refractivity contribution >= 4 is 18.4 Å². The highest BCUT2D eigenvalue weighted by Gasteiger charge is 2.18. The molecule has 0 aliphatic carbocycles. The zero-order valence-electron chi connectivity index (χ0n) is 12.3. The van der Waals surface area contributed by atoms with Crippen LogP contribution in [-0.2, 0) is 11.2 Å². The third kappa shape index (κ3) is 5.15. The van der Waals surface area contributed by atoms with Crippen LogP contribution in [0.25, 0.3) is 0 Å². The van der Waals surface area contributed by atoms with Gasteiger partial charge in [-0.05, 0) is 23.3 Å². The summed E-state index contributed by atoms with van der Waals surface area (Å²) in [6.07, 6.45) is -0.236. The van der Waals surface area contributed by atoms with Gasteiger partial charge < -0.3 is 15.6 Å². The molecule has 2 aromatic rings. The fourth-order valence-corrected chi connectivity index (χ4v) is 2.16. The molecule has 4 nitrogen and oxygen atoms in total. The van der Waals surface area contributed by atoms with E-state index in [9.17, 15) is 9.90 Å². The van der Waals surface area contributed by atoms with Crippen LogP contribution in [0.5, 0.6) is 5.75 Å². The Labute approximate surface area is 136 Å². The second-order valence-corrected chi connectivity index (χ2v) is 4.95. The number of halogens is 1. The van der Waals surface area contributed by atoms with Gasteiger partial charge in [-0.25, -0.2) is 0 Å². The Morgan fingerprint density at radius 2 is 1.86 bits per heavy atom. The van der Waals surface area contributed by atoms with Crippen molar-refractivity contribution in [2.24, 2.45) is 5.73 Å². The average molecular weight is 322 g/mol. The number of aliphatic hydroxyl groups excluding tert-OH is 1. The molecule has 22 heavy (non-hydrogen) atoms. The van der Waals surface area contributed by atoms with Crippen LogP contribution in [0.1, 0.15) is 24.1 Å². The normalized spacial score (nSPS) is 12.9. The Morgan fingerprint density at radius 1 is 1.18 bits per heavy atom. The maximum absolute atomic E-state index is 11.0. The number of hydrogen-bond donors (Lipinski definition) is 2. The number of esters is 1. The monoisotopic (exact) mass is 321 g/mol. The lowest BCUT2D eigenvalue weighted by Gasteiger charge is -2.19. The minimum Gasteiger partial charge on any atom is -0.427 e. The molecule has 0 unspecified atom stereocenters. The molecule has 2 rings (SSSR count). The molecule has 0 radical (unpaired) electrons. The van der Waals surface area contributed by atoms with Gasteiger partial charge in [-0.3, -0.25) is 4.79 Å². The minimum atomic E-state index is -0.708. The summed E-state index contributed by atoms with van der Waals surface area (Å²) in [5.41, 5.74) is 7.85. The summed E-state index contributed by atoms with van der Waals surface area (Å²) in [6.45, 7) is 1.34. The van der Waals surface area contributed by atoms with E-state index in [0.717, 1.165) is 11.1 Å². The summed E-state index contributed by atoms with van der Waals surface area (Å²) in [6, 6.07) is 16.1. The number of nitrogens with two attached hydrogens (primary N) is 1. The first-order valence-corrected chi connectivity index (χ1v) is 6.82. The molecule has 2 atom stereocenters. The van der Waals surface area contributed by atoms with Gasteiger partial charge in [0.25, 0.3) is 0 Å². The van der Waals surface area contributed by atoms with E-state index in [-0.39, 0.29) is 18.4 Å². The summed E-state index contributed by atoms with van der Waals surface area (Å²) < 4.78 is 5.03. The zero-order chi connectivity index (χ0) is 15.2. The van der Waals surface area contributed by atoms with Gasteiger partial charge in [0.1, 0.15) is 5.75 Å². The SMILES string of the molecule is CC(=O)Oc1cccc([C@@H](N)[C@@H](O)Cc2ccccc2)c1.Cl. The van der Waals surface area contributed by atoms with Crippen molar-refractivity contribution in [3.05, 3.63) is 65.7 Å². The number of hydrogen-bond acceptors (Lipinski definition) is 4. The Hall–Kier alpha value is -1.88. The van der Waals surface area contributed by atoms with E-state index >= 15 is 0 Å². The second kappa shape index (κ2) is 8.54. The second-order valence-electron chi connectivity index (χ2n) is 4.95. The van der Waals surface area contributed by atoms with Gasteiger partial charge in [0.15, 0.2) is 0 Å². The van der Waals surface area contributed by atoms with E-state index in [1.807, 2.05) is 36.4 Å². The molecule has 2 aromatic carbocycles. The summed E-state index contributed by atoms with van der Waals surface area (Å²) in [7, 11) is 0. The van der Waals surface area contributed by atoms with Crippen LogP contribution in [0.2, 0.25) is 0 Å². The van der Waals surface area contributed by atoms with Crippen LogP contribution in [-0.4, -0.2) is 17.2 Å². The molecule has 0 saturated carbocycles. The summed E-state index contributed by atoms with van der Waals surface area (Å²) in [5, 5.41) is 10.3. The molecule has 0 aliphatic rings. The van der Waals surface area contributed by atoms with Crippen LogP contribution in [0, 0.1) is 0 Å². The fraction of sp³-hybridized carbons (Fsp3) is 0.235. The average Bonchev–Trinajstić information content (AvgIpc) is 2.47. The zero-order valence-corrected chi connectivity index (χ0v) is 13.1. The van der Waals surface area contributed by atoms with Crippen LogP contribution >= 0.6 is 12.4 Å². The maximum Gasteiger partial charge on any atom is 0.308 e. The summed E-state index contributed by atoms with van der Waals surface area (Å²) in [4.78, 5) is 11.0. The predicted octanol–water partition coefficient (Wildman–Crippen LogP) is 2.64. The lowest BCUT2D eigenvalue weighted by molar-refractivity contribution is -0.131. The third-order valence-electron chi connectivity index (χ3n) is 3.21. The lowest BCUT2D eigenvalue weighted by atomic mass is 9.97. The van der Waals surface area contributed by atoms with Crippen LogP contribution in [0.3, 0.4) is 0 Å². The Morgan fingerprint density at radius 3 is 2.50 bits per heavy atom. The number of carbonyl (C=O) groups excluding carboxylic acids is 1. The van der Waals surface area contributed by atoms with Crippen molar-refractivity contribution in [1.29, 1.82) is 0 Å². The van der Waals surface area contributed by atoms with Gasteiger partial charge in [0.05, 0.1) is 12.1 Å². The van der Waals surface area contributed by atoms with E-state index in [4.69, 9.17) is 10.5 Å². The topological polar surface area (TPSA) is 72.5 Å². The highest BCUT2D eigenvalue weighted by atomic mass is 35.5. The molecule has 0 bridgehead atoms. The molecule has 5 heteroatoms. The maximum atomic E-state index is 11.0. The van der Waals surface area contributed by atoms with E-state index in [0.29, 0.717) is 12.2 Å². The quantitative estimate of drug-likeness (QED) is 0.656. The third-order valence-corrected chi connectivity index (χ3v) is 3.21. The highest BCUT2D eigenvalue weighted by molar-refractivity contribution is 5.85. The minimum absolute atomic E-state index is 0. The number of ether oxygens (including phenoxy) is 1. The van der Waals surface area contributed by atoms with E-state index in [1.54, 1.807) is 18.2 Å². The van der Waals surface area contributed by atoms with Crippen molar-refractivity contribution in [1.82, 2.24) is 0 Å². The molecule has 118 valence electrons. The Bertz CT molecular complexity index is 604. The van der Waals surface area contributed by atoms with E-state index in [2.05, 4.69) is 0 Å². The van der Waals surface area contributed by atoms with Crippen molar-refractivity contribution in [2.45, 2.75) is 25.5 Å². The first-order chi connectivity index (χ1) is 10.1. The van der Waals surface area contributed by atoms with Crippen molar-refractivity contribution < 1.29 is 14.6 Å². The number of rotatable bonds is 5. The first kappa shape index (κ1) is 18.2. The van der Waals surface area contributed by atoms with Crippen LogP contribution in [0.4, 0.5) is 0 Å². The molecular weight excluding hydrogens is 302 g/mol. The fourth-order valence-electron chi connectivity index (χ4n) is 2.16. The standard InChI is InChI=1S/C17H19NO3.ClH/c1-12(19)21-15-9-5-8-14(11-15)17(18)16(20)10-13-6-3-2-4-7-13;/h2-9,11,16-17,20H,10,18H2,1H3;1H/t16-,17+;/m0./s1. The van der Waals surface area contributed by atoms with Crippen molar-refractivity contribution in [3.8, 4) is 5.75 Å². The first-order valence-electron chi connectivity index (χ1n) is 6.82. The molecule has 3 N–H and O–H groups in total. The van der Waals surface area contributed by atoms with Gasteiger partial charge in [0, 0.05) is 13.3 Å². The van der Waals surface area contributed by atoms with E-state index < -0.39 is 12.1 Å². The molecular formula is C17H20ClNO3. The van der Waals surface area contributed by atoms with Gasteiger partial charge in [-0.1, -0.05) is 42.5 Å². The van der Waals surface area contributed by atoms with Gasteiger partial charge in [-0.15, -0.1) is 12.4 Å². The summed E-state index contributed by atoms with van der Waals surface area (Å²) in [5.74, 6) is 0.0490. The molecule has 0 amide bonds. The van der Waals surface area contributed by atoms with Gasteiger partial charge >= 0.3 is 5.97 Å². The largest absolute Gasteiger partial charge is 0.427 e. The molecule has 0 aliphatic heterocycles. The number of benzene rings is 2.